The van der Waals surface area contributed by atoms with E-state index in [2.05, 4.69) is 24.9 Å². The normalized spacial score (nSPS) is 13.2. The highest BCUT2D eigenvalue weighted by atomic mass is 32.2. The standard InChI is InChI=1S/C22H21N5O2S/c1-28-17-8-6-16(7-9-17)27-21(15-10-12-23-13-11-15)24-25-22(27)30-14-19-18-4-2-3-5-20(18)29-26-19/h6-13H,2-5,14H2,1H3. The molecule has 1 aliphatic rings. The fourth-order valence-electron chi connectivity index (χ4n) is 3.71. The highest BCUT2D eigenvalue weighted by molar-refractivity contribution is 7.98. The Kier molecular flexibility index (Phi) is 5.23. The zero-order valence-corrected chi connectivity index (χ0v) is 17.4. The van der Waals surface area contributed by atoms with Gasteiger partial charge in [-0.2, -0.15) is 0 Å². The van der Waals surface area contributed by atoms with Crippen LogP contribution >= 0.6 is 11.8 Å². The second kappa shape index (κ2) is 8.31. The first-order valence-corrected chi connectivity index (χ1v) is 10.9. The van der Waals surface area contributed by atoms with Crippen LogP contribution in [0.5, 0.6) is 5.75 Å². The molecule has 0 N–H and O–H groups in total. The van der Waals surface area contributed by atoms with Crippen LogP contribution in [0.3, 0.4) is 0 Å². The lowest BCUT2D eigenvalue weighted by molar-refractivity contribution is 0.369. The van der Waals surface area contributed by atoms with Gasteiger partial charge in [0.15, 0.2) is 11.0 Å². The SMILES string of the molecule is COc1ccc(-n2c(SCc3noc4c3CCCC4)nnc2-c2ccncc2)cc1. The van der Waals surface area contributed by atoms with Gasteiger partial charge < -0.3 is 9.26 Å². The molecule has 4 aromatic rings. The van der Waals surface area contributed by atoms with Crippen LogP contribution in [0.2, 0.25) is 0 Å². The number of thioether (sulfide) groups is 1. The molecule has 5 rings (SSSR count). The molecule has 0 spiro atoms. The molecule has 0 fully saturated rings. The smallest absolute Gasteiger partial charge is 0.196 e. The first-order valence-electron chi connectivity index (χ1n) is 9.93. The summed E-state index contributed by atoms with van der Waals surface area (Å²) < 4.78 is 12.9. The van der Waals surface area contributed by atoms with Crippen LogP contribution in [0, 0.1) is 0 Å². The predicted molar refractivity (Wildman–Crippen MR) is 114 cm³/mol. The number of pyridine rings is 1. The van der Waals surface area contributed by atoms with Gasteiger partial charge in [0.25, 0.3) is 0 Å². The zero-order chi connectivity index (χ0) is 20.3. The molecule has 30 heavy (non-hydrogen) atoms. The lowest BCUT2D eigenvalue weighted by Gasteiger charge is -2.11. The van der Waals surface area contributed by atoms with Gasteiger partial charge in [-0.1, -0.05) is 16.9 Å². The number of nitrogens with zero attached hydrogens (tertiary/aromatic N) is 5. The highest BCUT2D eigenvalue weighted by Gasteiger charge is 2.21. The molecule has 0 saturated carbocycles. The van der Waals surface area contributed by atoms with E-state index in [1.54, 1.807) is 31.3 Å². The Morgan fingerprint density at radius 2 is 1.83 bits per heavy atom. The summed E-state index contributed by atoms with van der Waals surface area (Å²) in [5, 5.41) is 14.1. The molecule has 7 nitrogen and oxygen atoms in total. The lowest BCUT2D eigenvalue weighted by Crippen LogP contribution is -2.02. The fourth-order valence-corrected chi connectivity index (χ4v) is 4.62. The summed E-state index contributed by atoms with van der Waals surface area (Å²) in [4.78, 5) is 4.12. The molecule has 0 atom stereocenters. The van der Waals surface area contributed by atoms with E-state index in [4.69, 9.17) is 9.26 Å². The van der Waals surface area contributed by atoms with E-state index < -0.39 is 0 Å². The summed E-state index contributed by atoms with van der Waals surface area (Å²) >= 11 is 1.62. The van der Waals surface area contributed by atoms with Gasteiger partial charge in [0.1, 0.15) is 11.5 Å². The Morgan fingerprint density at radius 1 is 1.03 bits per heavy atom. The van der Waals surface area contributed by atoms with E-state index >= 15 is 0 Å². The van der Waals surface area contributed by atoms with Crippen molar-refractivity contribution in [2.75, 3.05) is 7.11 Å². The maximum Gasteiger partial charge on any atom is 0.196 e. The summed E-state index contributed by atoms with van der Waals surface area (Å²) in [5.74, 6) is 3.32. The molecule has 0 bridgehead atoms. The molecule has 1 aromatic carbocycles. The molecule has 3 aromatic heterocycles. The predicted octanol–water partition coefficient (Wildman–Crippen LogP) is 4.50. The van der Waals surface area contributed by atoms with Crippen LogP contribution in [0.4, 0.5) is 0 Å². The van der Waals surface area contributed by atoms with Crippen molar-refractivity contribution < 1.29 is 9.26 Å². The maximum atomic E-state index is 5.56. The van der Waals surface area contributed by atoms with Gasteiger partial charge >= 0.3 is 0 Å². The number of hydrogen-bond donors (Lipinski definition) is 0. The van der Waals surface area contributed by atoms with E-state index in [1.165, 1.54) is 18.4 Å². The van der Waals surface area contributed by atoms with Crippen molar-refractivity contribution in [1.29, 1.82) is 0 Å². The Morgan fingerprint density at radius 3 is 2.63 bits per heavy atom. The van der Waals surface area contributed by atoms with E-state index in [0.717, 1.165) is 52.3 Å². The number of aromatic nitrogens is 5. The van der Waals surface area contributed by atoms with Crippen LogP contribution in [0.25, 0.3) is 17.1 Å². The molecule has 0 amide bonds. The van der Waals surface area contributed by atoms with Crippen molar-refractivity contribution in [3.05, 3.63) is 65.8 Å². The Bertz CT molecular complexity index is 1140. The van der Waals surface area contributed by atoms with Crippen molar-refractivity contribution in [3.8, 4) is 22.8 Å². The highest BCUT2D eigenvalue weighted by Crippen LogP contribution is 2.32. The van der Waals surface area contributed by atoms with Crippen molar-refractivity contribution in [2.24, 2.45) is 0 Å². The van der Waals surface area contributed by atoms with Crippen LogP contribution in [0.15, 0.2) is 58.5 Å². The topological polar surface area (TPSA) is 78.9 Å². The summed E-state index contributed by atoms with van der Waals surface area (Å²) in [7, 11) is 1.66. The third kappa shape index (κ3) is 3.59. The number of ether oxygens (including phenoxy) is 1. The van der Waals surface area contributed by atoms with Crippen molar-refractivity contribution in [1.82, 2.24) is 24.9 Å². The number of hydrogen-bond acceptors (Lipinski definition) is 7. The summed E-state index contributed by atoms with van der Waals surface area (Å²) in [5.41, 5.74) is 4.22. The molecule has 1 aliphatic carbocycles. The van der Waals surface area contributed by atoms with Gasteiger partial charge in [-0.25, -0.2) is 0 Å². The van der Waals surface area contributed by atoms with Crippen molar-refractivity contribution >= 4 is 11.8 Å². The molecule has 152 valence electrons. The third-order valence-corrected chi connectivity index (χ3v) is 6.21. The molecule has 0 unspecified atom stereocenters. The number of fused-ring (bicyclic) bond motifs is 1. The maximum absolute atomic E-state index is 5.56. The molecule has 0 aliphatic heterocycles. The average Bonchev–Trinajstić information content (AvgIpc) is 3.42. The van der Waals surface area contributed by atoms with Crippen molar-refractivity contribution in [3.63, 3.8) is 0 Å². The fraction of sp³-hybridized carbons (Fsp3) is 0.273. The van der Waals surface area contributed by atoms with Gasteiger partial charge in [-0.15, -0.1) is 10.2 Å². The number of aryl methyl sites for hydroxylation is 1. The van der Waals surface area contributed by atoms with Gasteiger partial charge in [0.2, 0.25) is 0 Å². The second-order valence-electron chi connectivity index (χ2n) is 7.10. The molecular formula is C22H21N5O2S. The van der Waals surface area contributed by atoms with Gasteiger partial charge in [-0.05, 0) is 55.7 Å². The number of benzene rings is 1. The lowest BCUT2D eigenvalue weighted by atomic mass is 9.97. The number of methoxy groups -OCH3 is 1. The molecular weight excluding hydrogens is 398 g/mol. The van der Waals surface area contributed by atoms with E-state index in [1.807, 2.05) is 36.4 Å². The minimum atomic E-state index is 0.698. The van der Waals surface area contributed by atoms with Crippen LogP contribution in [-0.2, 0) is 18.6 Å². The summed E-state index contributed by atoms with van der Waals surface area (Å²) in [6.45, 7) is 0. The minimum Gasteiger partial charge on any atom is -0.497 e. The minimum absolute atomic E-state index is 0.698. The van der Waals surface area contributed by atoms with Gasteiger partial charge in [-0.3, -0.25) is 9.55 Å². The molecule has 0 saturated heterocycles. The second-order valence-corrected chi connectivity index (χ2v) is 8.04. The summed E-state index contributed by atoms with van der Waals surface area (Å²) in [6.07, 6.45) is 7.92. The van der Waals surface area contributed by atoms with E-state index in [9.17, 15) is 0 Å². The molecule has 8 heteroatoms. The Balaban J connectivity index is 1.50. The van der Waals surface area contributed by atoms with E-state index in [0.29, 0.717) is 5.75 Å². The first kappa shape index (κ1) is 18.9. The third-order valence-electron chi connectivity index (χ3n) is 5.27. The van der Waals surface area contributed by atoms with Crippen LogP contribution in [0.1, 0.15) is 29.9 Å². The Hall–Kier alpha value is -3.13. The average molecular weight is 420 g/mol. The Labute approximate surface area is 178 Å². The number of rotatable bonds is 6. The zero-order valence-electron chi connectivity index (χ0n) is 16.6. The monoisotopic (exact) mass is 419 g/mol. The van der Waals surface area contributed by atoms with Gasteiger partial charge in [0, 0.05) is 41.4 Å². The first-order chi connectivity index (χ1) is 14.8. The van der Waals surface area contributed by atoms with E-state index in [-0.39, 0.29) is 0 Å². The van der Waals surface area contributed by atoms with Crippen LogP contribution < -0.4 is 4.74 Å². The van der Waals surface area contributed by atoms with Gasteiger partial charge in [0.05, 0.1) is 12.8 Å². The van der Waals surface area contributed by atoms with Crippen molar-refractivity contribution in [2.45, 2.75) is 36.6 Å². The quantitative estimate of drug-likeness (QED) is 0.426. The van der Waals surface area contributed by atoms with Crippen LogP contribution in [-0.4, -0.2) is 32.0 Å². The molecule has 0 radical (unpaired) electrons. The largest absolute Gasteiger partial charge is 0.497 e. The molecule has 3 heterocycles. The summed E-state index contributed by atoms with van der Waals surface area (Å²) in [6, 6.07) is 11.8.